The average molecular weight is 383 g/mol. The van der Waals surface area contributed by atoms with E-state index in [1.807, 2.05) is 18.2 Å². The zero-order valence-corrected chi connectivity index (χ0v) is 15.3. The molecule has 3 rings (SSSR count). The van der Waals surface area contributed by atoms with Crippen LogP contribution in [0.5, 0.6) is 0 Å². The molecule has 0 aliphatic heterocycles. The first-order chi connectivity index (χ1) is 11.9. The van der Waals surface area contributed by atoms with E-state index in [4.69, 9.17) is 11.6 Å². The Labute approximate surface area is 151 Å². The van der Waals surface area contributed by atoms with Crippen molar-refractivity contribution in [1.29, 1.82) is 0 Å². The van der Waals surface area contributed by atoms with Gasteiger partial charge in [0.05, 0.1) is 16.5 Å². The van der Waals surface area contributed by atoms with Gasteiger partial charge in [0.1, 0.15) is 5.82 Å². The zero-order valence-electron chi connectivity index (χ0n) is 13.8. The molecule has 1 aromatic carbocycles. The van der Waals surface area contributed by atoms with E-state index >= 15 is 0 Å². The third-order valence-electron chi connectivity index (χ3n) is 4.00. The second-order valence-corrected chi connectivity index (χ2v) is 8.80. The Morgan fingerprint density at radius 1 is 1.36 bits per heavy atom. The van der Waals surface area contributed by atoms with Crippen molar-refractivity contribution in [2.24, 2.45) is 0 Å². The Kier molecular flexibility index (Phi) is 5.10. The highest BCUT2D eigenvalue weighted by atomic mass is 35.5. The van der Waals surface area contributed by atoms with Gasteiger partial charge in [-0.05, 0) is 25.0 Å². The number of para-hydroxylation sites is 1. The number of amides is 1. The summed E-state index contributed by atoms with van der Waals surface area (Å²) in [5.41, 5.74) is 0.672. The molecule has 0 radical (unpaired) electrons. The molecule has 134 valence electrons. The molecule has 7 nitrogen and oxygen atoms in total. The second-order valence-electron chi connectivity index (χ2n) is 5.92. The monoisotopic (exact) mass is 382 g/mol. The molecule has 25 heavy (non-hydrogen) atoms. The number of carbonyl (C=O) groups is 1. The van der Waals surface area contributed by atoms with Crippen LogP contribution in [0, 0.1) is 0 Å². The molecule has 9 heteroatoms. The smallest absolute Gasteiger partial charge is 0.291 e. The minimum atomic E-state index is -3.13. The van der Waals surface area contributed by atoms with Gasteiger partial charge in [-0.2, -0.15) is 0 Å². The van der Waals surface area contributed by atoms with E-state index in [0.717, 1.165) is 12.8 Å². The number of carbonyl (C=O) groups excluding carboxylic acids is 1. The van der Waals surface area contributed by atoms with Gasteiger partial charge in [-0.25, -0.2) is 18.1 Å². The molecule has 2 aromatic rings. The Balaban J connectivity index is 1.80. The maximum atomic E-state index is 12.3. The molecule has 0 atom stereocenters. The Hall–Kier alpha value is -1.93. The SMILES string of the molecule is CCS(=O)(=O)CCNC(=O)c1nc(C2CC2)n(-c2ccccc2Cl)n1. The third-order valence-corrected chi connectivity index (χ3v) is 6.02. The lowest BCUT2D eigenvalue weighted by atomic mass is 10.3. The summed E-state index contributed by atoms with van der Waals surface area (Å²) in [6, 6.07) is 7.24. The minimum absolute atomic E-state index is 0.0238. The molecule has 1 aliphatic rings. The van der Waals surface area contributed by atoms with E-state index in [1.165, 1.54) is 0 Å². The predicted molar refractivity (Wildman–Crippen MR) is 95.0 cm³/mol. The summed E-state index contributed by atoms with van der Waals surface area (Å²) in [6.07, 6.45) is 2.00. The number of hydrogen-bond donors (Lipinski definition) is 1. The van der Waals surface area contributed by atoms with E-state index in [2.05, 4.69) is 15.4 Å². The summed E-state index contributed by atoms with van der Waals surface area (Å²) in [5, 5.41) is 7.39. The van der Waals surface area contributed by atoms with Crippen LogP contribution in [0.4, 0.5) is 0 Å². The number of benzene rings is 1. The van der Waals surface area contributed by atoms with Gasteiger partial charge in [-0.15, -0.1) is 5.10 Å². The van der Waals surface area contributed by atoms with Crippen molar-refractivity contribution < 1.29 is 13.2 Å². The third kappa shape index (κ3) is 4.19. The molecular weight excluding hydrogens is 364 g/mol. The Morgan fingerprint density at radius 2 is 2.08 bits per heavy atom. The lowest BCUT2D eigenvalue weighted by Crippen LogP contribution is -2.30. The van der Waals surface area contributed by atoms with Crippen molar-refractivity contribution in [3.05, 3.63) is 40.9 Å². The summed E-state index contributed by atoms with van der Waals surface area (Å²) in [4.78, 5) is 16.6. The number of aromatic nitrogens is 3. The number of sulfone groups is 1. The molecule has 1 N–H and O–H groups in total. The topological polar surface area (TPSA) is 94.0 Å². The molecule has 1 saturated carbocycles. The highest BCUT2D eigenvalue weighted by molar-refractivity contribution is 7.91. The van der Waals surface area contributed by atoms with Crippen molar-refractivity contribution >= 4 is 27.3 Å². The summed E-state index contributed by atoms with van der Waals surface area (Å²) in [6.45, 7) is 1.61. The average Bonchev–Trinajstić information content (AvgIpc) is 3.34. The molecule has 1 aliphatic carbocycles. The predicted octanol–water partition coefficient (Wildman–Crippen LogP) is 1.96. The van der Waals surface area contributed by atoms with Crippen molar-refractivity contribution in [2.75, 3.05) is 18.1 Å². The number of halogens is 1. The van der Waals surface area contributed by atoms with Gasteiger partial charge in [0.25, 0.3) is 5.91 Å². The molecule has 1 aromatic heterocycles. The van der Waals surface area contributed by atoms with Crippen molar-refractivity contribution in [3.8, 4) is 5.69 Å². The first-order valence-electron chi connectivity index (χ1n) is 8.12. The van der Waals surface area contributed by atoms with Crippen LogP contribution in [0.3, 0.4) is 0 Å². The van der Waals surface area contributed by atoms with Gasteiger partial charge in [-0.3, -0.25) is 4.79 Å². The normalized spacial score (nSPS) is 14.5. The fourth-order valence-electron chi connectivity index (χ4n) is 2.37. The van der Waals surface area contributed by atoms with Gasteiger partial charge in [-0.1, -0.05) is 30.7 Å². The van der Waals surface area contributed by atoms with Crippen molar-refractivity contribution in [1.82, 2.24) is 20.1 Å². The van der Waals surface area contributed by atoms with Crippen molar-refractivity contribution in [3.63, 3.8) is 0 Å². The summed E-state index contributed by atoms with van der Waals surface area (Å²) in [7, 11) is -3.13. The fraction of sp³-hybridized carbons (Fsp3) is 0.438. The second kappa shape index (κ2) is 7.13. The Morgan fingerprint density at radius 3 is 2.72 bits per heavy atom. The molecule has 1 fully saturated rings. The van der Waals surface area contributed by atoms with Crippen LogP contribution in [0.25, 0.3) is 5.69 Å². The van der Waals surface area contributed by atoms with Gasteiger partial charge < -0.3 is 5.32 Å². The molecule has 0 saturated heterocycles. The van der Waals surface area contributed by atoms with Crippen LogP contribution >= 0.6 is 11.6 Å². The van der Waals surface area contributed by atoms with Gasteiger partial charge in [0.15, 0.2) is 9.84 Å². The zero-order chi connectivity index (χ0) is 18.0. The Bertz CT molecular complexity index is 891. The van der Waals surface area contributed by atoms with Gasteiger partial charge >= 0.3 is 0 Å². The lowest BCUT2D eigenvalue weighted by Gasteiger charge is -2.06. The molecule has 0 spiro atoms. The van der Waals surface area contributed by atoms with E-state index in [-0.39, 0.29) is 29.8 Å². The number of hydrogen-bond acceptors (Lipinski definition) is 5. The van der Waals surface area contributed by atoms with Gasteiger partial charge in [0, 0.05) is 18.2 Å². The van der Waals surface area contributed by atoms with E-state index in [1.54, 1.807) is 17.7 Å². The highest BCUT2D eigenvalue weighted by Gasteiger charge is 2.32. The van der Waals surface area contributed by atoms with E-state index in [9.17, 15) is 13.2 Å². The number of rotatable bonds is 7. The maximum absolute atomic E-state index is 12.3. The first kappa shape index (κ1) is 17.9. The fourth-order valence-corrected chi connectivity index (χ4v) is 3.29. The highest BCUT2D eigenvalue weighted by Crippen LogP contribution is 2.40. The van der Waals surface area contributed by atoms with Gasteiger partial charge in [0.2, 0.25) is 5.82 Å². The maximum Gasteiger partial charge on any atom is 0.291 e. The molecule has 0 unspecified atom stereocenters. The lowest BCUT2D eigenvalue weighted by molar-refractivity contribution is 0.0946. The summed E-state index contributed by atoms with van der Waals surface area (Å²) in [5.74, 6) is 0.462. The van der Waals surface area contributed by atoms with E-state index in [0.29, 0.717) is 16.5 Å². The standard InChI is InChI=1S/C16H19ClN4O3S/c1-2-25(23,24)10-9-18-16(22)14-19-15(11-7-8-11)21(20-14)13-6-4-3-5-12(13)17/h3-6,11H,2,7-10H2,1H3,(H,18,22). The minimum Gasteiger partial charge on any atom is -0.348 e. The van der Waals surface area contributed by atoms with Crippen LogP contribution in [-0.2, 0) is 9.84 Å². The van der Waals surface area contributed by atoms with Crippen LogP contribution in [-0.4, -0.2) is 47.1 Å². The molecule has 1 amide bonds. The van der Waals surface area contributed by atoms with Crippen LogP contribution < -0.4 is 5.32 Å². The quantitative estimate of drug-likeness (QED) is 0.790. The molecular formula is C16H19ClN4O3S. The van der Waals surface area contributed by atoms with Crippen LogP contribution in [0.2, 0.25) is 5.02 Å². The van der Waals surface area contributed by atoms with Crippen molar-refractivity contribution in [2.45, 2.75) is 25.7 Å². The number of nitrogens with one attached hydrogen (secondary N) is 1. The molecule has 0 bridgehead atoms. The first-order valence-corrected chi connectivity index (χ1v) is 10.3. The largest absolute Gasteiger partial charge is 0.348 e. The molecule has 1 heterocycles. The van der Waals surface area contributed by atoms with Crippen LogP contribution in [0.15, 0.2) is 24.3 Å². The van der Waals surface area contributed by atoms with Crippen LogP contribution in [0.1, 0.15) is 42.1 Å². The summed E-state index contributed by atoms with van der Waals surface area (Å²) >= 11 is 6.24. The number of nitrogens with zero attached hydrogens (tertiary/aromatic N) is 3. The summed E-state index contributed by atoms with van der Waals surface area (Å²) < 4.78 is 24.6. The van der Waals surface area contributed by atoms with E-state index < -0.39 is 15.7 Å².